The molecule has 0 aliphatic heterocycles. The van der Waals surface area contributed by atoms with Gasteiger partial charge in [0.05, 0.1) is 6.26 Å². The van der Waals surface area contributed by atoms with Crippen LogP contribution in [0.15, 0.2) is 52.0 Å². The normalized spacial score (nSPS) is 12.6. The summed E-state index contributed by atoms with van der Waals surface area (Å²) in [7, 11) is 0. The van der Waals surface area contributed by atoms with E-state index in [4.69, 9.17) is 10.2 Å². The highest BCUT2D eigenvalue weighted by molar-refractivity contribution is 7.99. The first-order chi connectivity index (χ1) is 8.25. The molecule has 1 heterocycles. The summed E-state index contributed by atoms with van der Waals surface area (Å²) in [5.74, 6) is 1.87. The van der Waals surface area contributed by atoms with E-state index >= 15 is 0 Å². The van der Waals surface area contributed by atoms with Crippen LogP contribution in [0.1, 0.15) is 11.3 Å². The number of aryl methyl sites for hydroxylation is 1. The molecule has 2 aromatic rings. The zero-order valence-corrected chi connectivity index (χ0v) is 10.7. The summed E-state index contributed by atoms with van der Waals surface area (Å²) in [6, 6.07) is 12.4. The molecule has 3 heteroatoms. The Morgan fingerprint density at radius 3 is 2.76 bits per heavy atom. The van der Waals surface area contributed by atoms with E-state index in [1.165, 1.54) is 10.5 Å². The Balaban J connectivity index is 1.84. The SMILES string of the molecule is Cc1ccccc1SCC(N)Cc1ccco1. The number of hydrogen-bond donors (Lipinski definition) is 1. The van der Waals surface area contributed by atoms with Gasteiger partial charge in [0.1, 0.15) is 5.76 Å². The van der Waals surface area contributed by atoms with Gasteiger partial charge in [0.2, 0.25) is 0 Å². The molecular formula is C14H17NOS. The largest absolute Gasteiger partial charge is 0.469 e. The van der Waals surface area contributed by atoms with Crippen LogP contribution in [0.25, 0.3) is 0 Å². The molecule has 0 amide bonds. The fourth-order valence-electron chi connectivity index (χ4n) is 1.66. The van der Waals surface area contributed by atoms with Gasteiger partial charge >= 0.3 is 0 Å². The molecule has 0 radical (unpaired) electrons. The summed E-state index contributed by atoms with van der Waals surface area (Å²) >= 11 is 1.81. The zero-order valence-electron chi connectivity index (χ0n) is 9.93. The molecule has 0 fully saturated rings. The van der Waals surface area contributed by atoms with Crippen LogP contribution in [0.4, 0.5) is 0 Å². The molecule has 0 aliphatic rings. The Morgan fingerprint density at radius 1 is 1.24 bits per heavy atom. The molecule has 1 aromatic carbocycles. The minimum atomic E-state index is 0.130. The number of rotatable bonds is 5. The predicted octanol–water partition coefficient (Wildman–Crippen LogP) is 3.25. The van der Waals surface area contributed by atoms with Gasteiger partial charge in [0.15, 0.2) is 0 Å². The van der Waals surface area contributed by atoms with Crippen molar-refractivity contribution in [2.75, 3.05) is 5.75 Å². The van der Waals surface area contributed by atoms with E-state index in [0.717, 1.165) is 17.9 Å². The van der Waals surface area contributed by atoms with Crippen LogP contribution in [-0.4, -0.2) is 11.8 Å². The van der Waals surface area contributed by atoms with E-state index in [2.05, 4.69) is 31.2 Å². The fourth-order valence-corrected chi connectivity index (χ4v) is 2.64. The van der Waals surface area contributed by atoms with E-state index in [0.29, 0.717) is 0 Å². The lowest BCUT2D eigenvalue weighted by atomic mass is 10.2. The Hall–Kier alpha value is -1.19. The Kier molecular flexibility index (Phi) is 4.29. The molecule has 2 rings (SSSR count). The highest BCUT2D eigenvalue weighted by Gasteiger charge is 2.07. The van der Waals surface area contributed by atoms with Gasteiger partial charge in [-0.15, -0.1) is 11.8 Å². The van der Waals surface area contributed by atoms with Crippen LogP contribution in [0.2, 0.25) is 0 Å². The second-order valence-electron chi connectivity index (χ2n) is 4.12. The Morgan fingerprint density at radius 2 is 2.06 bits per heavy atom. The molecule has 1 aromatic heterocycles. The summed E-state index contributed by atoms with van der Waals surface area (Å²) in [6.45, 7) is 2.13. The van der Waals surface area contributed by atoms with Gasteiger partial charge in [-0.1, -0.05) is 18.2 Å². The van der Waals surface area contributed by atoms with E-state index in [9.17, 15) is 0 Å². The second-order valence-corrected chi connectivity index (χ2v) is 5.18. The highest BCUT2D eigenvalue weighted by atomic mass is 32.2. The monoisotopic (exact) mass is 247 g/mol. The molecule has 2 N–H and O–H groups in total. The van der Waals surface area contributed by atoms with Crippen molar-refractivity contribution in [2.45, 2.75) is 24.3 Å². The van der Waals surface area contributed by atoms with Crippen molar-refractivity contribution < 1.29 is 4.42 Å². The number of nitrogens with two attached hydrogens (primary N) is 1. The zero-order chi connectivity index (χ0) is 12.1. The summed E-state index contributed by atoms with van der Waals surface area (Å²) in [4.78, 5) is 1.31. The average Bonchev–Trinajstić information content (AvgIpc) is 2.81. The van der Waals surface area contributed by atoms with Gasteiger partial charge in [-0.25, -0.2) is 0 Å². The Labute approximate surface area is 106 Å². The molecule has 0 spiro atoms. The summed E-state index contributed by atoms with van der Waals surface area (Å²) in [6.07, 6.45) is 2.49. The highest BCUT2D eigenvalue weighted by Crippen LogP contribution is 2.22. The lowest BCUT2D eigenvalue weighted by molar-refractivity contribution is 0.493. The second kappa shape index (κ2) is 5.94. The molecule has 1 unspecified atom stereocenters. The van der Waals surface area contributed by atoms with Crippen LogP contribution < -0.4 is 5.73 Å². The first-order valence-electron chi connectivity index (χ1n) is 5.72. The third-order valence-electron chi connectivity index (χ3n) is 2.59. The maximum atomic E-state index is 6.08. The fraction of sp³-hybridized carbons (Fsp3) is 0.286. The minimum Gasteiger partial charge on any atom is -0.469 e. The lowest BCUT2D eigenvalue weighted by Gasteiger charge is -2.10. The van der Waals surface area contributed by atoms with Crippen LogP contribution in [0.3, 0.4) is 0 Å². The number of benzene rings is 1. The number of hydrogen-bond acceptors (Lipinski definition) is 3. The van der Waals surface area contributed by atoms with Gasteiger partial charge in [0.25, 0.3) is 0 Å². The molecular weight excluding hydrogens is 230 g/mol. The van der Waals surface area contributed by atoms with Crippen molar-refractivity contribution in [1.82, 2.24) is 0 Å². The van der Waals surface area contributed by atoms with Gasteiger partial charge in [-0.05, 0) is 30.7 Å². The minimum absolute atomic E-state index is 0.130. The van der Waals surface area contributed by atoms with Gasteiger partial charge in [-0.3, -0.25) is 0 Å². The van der Waals surface area contributed by atoms with E-state index < -0.39 is 0 Å². The van der Waals surface area contributed by atoms with Crippen molar-refractivity contribution in [2.24, 2.45) is 5.73 Å². The van der Waals surface area contributed by atoms with Crippen LogP contribution in [0, 0.1) is 6.92 Å². The van der Waals surface area contributed by atoms with Crippen molar-refractivity contribution >= 4 is 11.8 Å². The van der Waals surface area contributed by atoms with Crippen molar-refractivity contribution in [3.8, 4) is 0 Å². The number of furan rings is 1. The van der Waals surface area contributed by atoms with Crippen LogP contribution in [-0.2, 0) is 6.42 Å². The average molecular weight is 247 g/mol. The van der Waals surface area contributed by atoms with Crippen molar-refractivity contribution in [1.29, 1.82) is 0 Å². The van der Waals surface area contributed by atoms with Gasteiger partial charge in [-0.2, -0.15) is 0 Å². The molecule has 17 heavy (non-hydrogen) atoms. The van der Waals surface area contributed by atoms with E-state index in [-0.39, 0.29) is 6.04 Å². The third-order valence-corrected chi connectivity index (χ3v) is 3.95. The van der Waals surface area contributed by atoms with Gasteiger partial charge < -0.3 is 10.2 Å². The molecule has 0 bridgehead atoms. The summed E-state index contributed by atoms with van der Waals surface area (Å²) in [5.41, 5.74) is 7.39. The molecule has 0 saturated heterocycles. The molecule has 0 saturated carbocycles. The molecule has 2 nitrogen and oxygen atoms in total. The van der Waals surface area contributed by atoms with E-state index in [1.54, 1.807) is 6.26 Å². The molecule has 1 atom stereocenters. The van der Waals surface area contributed by atoms with Gasteiger partial charge in [0, 0.05) is 23.1 Å². The first kappa shape index (κ1) is 12.3. The summed E-state index contributed by atoms with van der Waals surface area (Å²) < 4.78 is 5.29. The van der Waals surface area contributed by atoms with Crippen molar-refractivity contribution in [3.63, 3.8) is 0 Å². The van der Waals surface area contributed by atoms with E-state index in [1.807, 2.05) is 23.9 Å². The standard InChI is InChI=1S/C14H17NOS/c1-11-5-2-3-7-14(11)17-10-12(15)9-13-6-4-8-16-13/h2-8,12H,9-10,15H2,1H3. The topological polar surface area (TPSA) is 39.2 Å². The molecule has 0 aliphatic carbocycles. The first-order valence-corrected chi connectivity index (χ1v) is 6.70. The van der Waals surface area contributed by atoms with Crippen molar-refractivity contribution in [3.05, 3.63) is 54.0 Å². The maximum Gasteiger partial charge on any atom is 0.105 e. The van der Waals surface area contributed by atoms with Crippen LogP contribution in [0.5, 0.6) is 0 Å². The lowest BCUT2D eigenvalue weighted by Crippen LogP contribution is -2.25. The maximum absolute atomic E-state index is 6.08. The predicted molar refractivity (Wildman–Crippen MR) is 72.3 cm³/mol. The number of thioether (sulfide) groups is 1. The molecule has 90 valence electrons. The third kappa shape index (κ3) is 3.65. The van der Waals surface area contributed by atoms with Crippen LogP contribution >= 0.6 is 11.8 Å². The quantitative estimate of drug-likeness (QED) is 0.824. The smallest absolute Gasteiger partial charge is 0.105 e. The Bertz CT molecular complexity index is 453. The summed E-state index contributed by atoms with van der Waals surface area (Å²) in [5, 5.41) is 0.